The molecule has 1 aromatic carbocycles. The molecule has 0 unspecified atom stereocenters. The minimum Gasteiger partial charge on any atom is -0.469 e. The Bertz CT molecular complexity index is 647. The molecular formula is C13H12ClNO4. The topological polar surface area (TPSA) is 82.5 Å². The van der Waals surface area contributed by atoms with Gasteiger partial charge in [-0.3, -0.25) is 9.59 Å². The Morgan fingerprint density at radius 3 is 2.79 bits per heavy atom. The normalized spacial score (nSPS) is 10.6. The van der Waals surface area contributed by atoms with Gasteiger partial charge in [-0.25, -0.2) is 0 Å². The average Bonchev–Trinajstić information content (AvgIpc) is 2.73. The van der Waals surface area contributed by atoms with Crippen LogP contribution < -0.4 is 5.73 Å². The van der Waals surface area contributed by atoms with Crippen LogP contribution in [-0.2, 0) is 9.53 Å². The number of carbonyl (C=O) groups is 2. The van der Waals surface area contributed by atoms with Crippen LogP contribution in [0.15, 0.2) is 22.6 Å². The Kier molecular flexibility index (Phi) is 3.76. The largest absolute Gasteiger partial charge is 0.469 e. The van der Waals surface area contributed by atoms with Gasteiger partial charge in [0.05, 0.1) is 19.2 Å². The highest BCUT2D eigenvalue weighted by Crippen LogP contribution is 2.31. The zero-order valence-corrected chi connectivity index (χ0v) is 11.0. The second-order valence-corrected chi connectivity index (χ2v) is 4.42. The molecule has 0 saturated carbocycles. The molecule has 19 heavy (non-hydrogen) atoms. The van der Waals surface area contributed by atoms with Crippen molar-refractivity contribution >= 4 is 40.0 Å². The van der Waals surface area contributed by atoms with Gasteiger partial charge in [-0.05, 0) is 18.2 Å². The summed E-state index contributed by atoms with van der Waals surface area (Å²) in [4.78, 5) is 22.9. The Labute approximate surface area is 114 Å². The van der Waals surface area contributed by atoms with Gasteiger partial charge < -0.3 is 14.9 Å². The number of carbonyl (C=O) groups excluding carboxylic acids is 2. The molecule has 0 bridgehead atoms. The Balaban J connectivity index is 2.27. The molecule has 0 atom stereocenters. The number of rotatable bonds is 4. The van der Waals surface area contributed by atoms with E-state index in [1.165, 1.54) is 7.11 Å². The number of halogens is 1. The highest BCUT2D eigenvalue weighted by Gasteiger charge is 2.19. The quantitative estimate of drug-likeness (QED) is 0.688. The van der Waals surface area contributed by atoms with Crippen molar-refractivity contribution in [2.24, 2.45) is 0 Å². The zero-order chi connectivity index (χ0) is 14.0. The second-order valence-electron chi connectivity index (χ2n) is 3.98. The number of Topliss-reactive ketones (excluding diaryl/α,β-unsaturated/α-hetero) is 1. The van der Waals surface area contributed by atoms with Crippen LogP contribution >= 0.6 is 11.6 Å². The van der Waals surface area contributed by atoms with E-state index in [2.05, 4.69) is 4.74 Å². The molecule has 0 spiro atoms. The molecule has 0 saturated heterocycles. The first-order chi connectivity index (χ1) is 9.02. The SMILES string of the molecule is COC(=O)CCC(=O)c1oc2ccc(Cl)cc2c1N. The van der Waals surface area contributed by atoms with E-state index >= 15 is 0 Å². The number of benzene rings is 1. The Morgan fingerprint density at radius 1 is 1.37 bits per heavy atom. The highest BCUT2D eigenvalue weighted by atomic mass is 35.5. The maximum atomic E-state index is 11.9. The van der Waals surface area contributed by atoms with Crippen LogP contribution in [0.25, 0.3) is 11.0 Å². The summed E-state index contributed by atoms with van der Waals surface area (Å²) >= 11 is 5.86. The Hall–Kier alpha value is -2.01. The molecule has 100 valence electrons. The molecule has 0 amide bonds. The van der Waals surface area contributed by atoms with Crippen molar-refractivity contribution in [2.75, 3.05) is 12.8 Å². The lowest BCUT2D eigenvalue weighted by Crippen LogP contribution is -2.06. The highest BCUT2D eigenvalue weighted by molar-refractivity contribution is 6.31. The van der Waals surface area contributed by atoms with Crippen LogP contribution in [0.2, 0.25) is 5.02 Å². The van der Waals surface area contributed by atoms with Crippen LogP contribution in [0.1, 0.15) is 23.4 Å². The van der Waals surface area contributed by atoms with Gasteiger partial charge in [-0.2, -0.15) is 0 Å². The maximum Gasteiger partial charge on any atom is 0.305 e. The maximum absolute atomic E-state index is 11.9. The lowest BCUT2D eigenvalue weighted by molar-refractivity contribution is -0.140. The number of methoxy groups -OCH3 is 1. The predicted octanol–water partition coefficient (Wildman–Crippen LogP) is 2.80. The van der Waals surface area contributed by atoms with Crippen LogP contribution in [0.4, 0.5) is 5.69 Å². The van der Waals surface area contributed by atoms with E-state index < -0.39 is 5.97 Å². The lowest BCUT2D eigenvalue weighted by atomic mass is 10.1. The van der Waals surface area contributed by atoms with Crippen molar-refractivity contribution in [1.82, 2.24) is 0 Å². The molecule has 0 aliphatic heterocycles. The van der Waals surface area contributed by atoms with Crippen molar-refractivity contribution in [3.8, 4) is 0 Å². The van der Waals surface area contributed by atoms with Crippen molar-refractivity contribution in [1.29, 1.82) is 0 Å². The van der Waals surface area contributed by atoms with Crippen LogP contribution in [0, 0.1) is 0 Å². The monoisotopic (exact) mass is 281 g/mol. The van der Waals surface area contributed by atoms with Crippen molar-refractivity contribution in [3.63, 3.8) is 0 Å². The predicted molar refractivity (Wildman–Crippen MR) is 71.2 cm³/mol. The van der Waals surface area contributed by atoms with Gasteiger partial charge in [0, 0.05) is 16.8 Å². The third-order valence-corrected chi connectivity index (χ3v) is 2.96. The number of hydrogen-bond donors (Lipinski definition) is 1. The van der Waals surface area contributed by atoms with Gasteiger partial charge in [0.2, 0.25) is 5.78 Å². The van der Waals surface area contributed by atoms with Crippen molar-refractivity contribution in [2.45, 2.75) is 12.8 Å². The fraction of sp³-hybridized carbons (Fsp3) is 0.231. The van der Waals surface area contributed by atoms with E-state index in [-0.39, 0.29) is 30.1 Å². The molecule has 2 aromatic rings. The van der Waals surface area contributed by atoms with E-state index in [0.717, 1.165) is 0 Å². The zero-order valence-electron chi connectivity index (χ0n) is 10.2. The van der Waals surface area contributed by atoms with E-state index in [0.29, 0.717) is 16.0 Å². The molecule has 0 aliphatic carbocycles. The Morgan fingerprint density at radius 2 is 2.11 bits per heavy atom. The minimum absolute atomic E-state index is 0.00737. The molecule has 1 aromatic heterocycles. The van der Waals surface area contributed by atoms with Crippen LogP contribution in [-0.4, -0.2) is 18.9 Å². The number of furan rings is 1. The average molecular weight is 282 g/mol. The van der Waals surface area contributed by atoms with Gasteiger partial charge >= 0.3 is 5.97 Å². The summed E-state index contributed by atoms with van der Waals surface area (Å²) in [6, 6.07) is 4.92. The van der Waals surface area contributed by atoms with Gasteiger partial charge in [0.25, 0.3) is 0 Å². The number of ether oxygens (including phenoxy) is 1. The smallest absolute Gasteiger partial charge is 0.305 e. The fourth-order valence-electron chi connectivity index (χ4n) is 1.73. The summed E-state index contributed by atoms with van der Waals surface area (Å²) in [6.07, 6.45) is -0.0169. The van der Waals surface area contributed by atoms with Gasteiger partial charge in [-0.1, -0.05) is 11.6 Å². The van der Waals surface area contributed by atoms with Gasteiger partial charge in [0.1, 0.15) is 5.58 Å². The van der Waals surface area contributed by atoms with Crippen LogP contribution in [0.5, 0.6) is 0 Å². The second kappa shape index (κ2) is 5.32. The van der Waals surface area contributed by atoms with E-state index in [1.54, 1.807) is 18.2 Å². The summed E-state index contributed by atoms with van der Waals surface area (Å²) in [7, 11) is 1.27. The summed E-state index contributed by atoms with van der Waals surface area (Å²) in [6.45, 7) is 0. The lowest BCUT2D eigenvalue weighted by Gasteiger charge is -1.98. The van der Waals surface area contributed by atoms with E-state index in [9.17, 15) is 9.59 Å². The van der Waals surface area contributed by atoms with E-state index in [1.807, 2.05) is 0 Å². The number of esters is 1. The van der Waals surface area contributed by atoms with Gasteiger partial charge in [0.15, 0.2) is 5.76 Å². The number of anilines is 1. The summed E-state index contributed by atoms with van der Waals surface area (Å²) < 4.78 is 9.87. The fourth-order valence-corrected chi connectivity index (χ4v) is 1.90. The number of fused-ring (bicyclic) bond motifs is 1. The van der Waals surface area contributed by atoms with E-state index in [4.69, 9.17) is 21.8 Å². The van der Waals surface area contributed by atoms with Crippen molar-refractivity contribution in [3.05, 3.63) is 29.0 Å². The third kappa shape index (κ3) is 2.71. The molecule has 1 heterocycles. The molecule has 0 aliphatic rings. The number of nitrogens with two attached hydrogens (primary N) is 1. The molecule has 0 fully saturated rings. The van der Waals surface area contributed by atoms with Gasteiger partial charge in [-0.15, -0.1) is 0 Å². The summed E-state index contributed by atoms with van der Waals surface area (Å²) in [5.74, 6) is -0.734. The van der Waals surface area contributed by atoms with Crippen LogP contribution in [0.3, 0.4) is 0 Å². The first-order valence-electron chi connectivity index (χ1n) is 5.60. The number of ketones is 1. The standard InChI is InChI=1S/C13H12ClNO4/c1-18-11(17)5-3-9(16)13-12(15)8-6-7(14)2-4-10(8)19-13/h2,4,6H,3,5,15H2,1H3. The number of hydrogen-bond acceptors (Lipinski definition) is 5. The first kappa shape index (κ1) is 13.4. The molecular weight excluding hydrogens is 270 g/mol. The summed E-state index contributed by atoms with van der Waals surface area (Å²) in [5, 5.41) is 1.10. The first-order valence-corrected chi connectivity index (χ1v) is 5.98. The number of nitrogen functional groups attached to an aromatic ring is 1. The summed E-state index contributed by atoms with van der Waals surface area (Å²) in [5.41, 5.74) is 6.59. The molecule has 0 radical (unpaired) electrons. The molecule has 2 N–H and O–H groups in total. The van der Waals surface area contributed by atoms with Crippen molar-refractivity contribution < 1.29 is 18.7 Å². The third-order valence-electron chi connectivity index (χ3n) is 2.73. The molecule has 5 nitrogen and oxygen atoms in total. The molecule has 6 heteroatoms. The minimum atomic E-state index is -0.453. The molecule has 2 rings (SSSR count).